The van der Waals surface area contributed by atoms with Gasteiger partial charge in [-0.15, -0.1) is 0 Å². The molecule has 5 N–H and O–H groups in total. The van der Waals surface area contributed by atoms with Gasteiger partial charge in [-0.2, -0.15) is 0 Å². The lowest BCUT2D eigenvalue weighted by molar-refractivity contribution is -0.148. The number of aliphatic carboxylic acids is 1. The lowest BCUT2D eigenvalue weighted by Crippen LogP contribution is -2.49. The number of nitrogens with zero attached hydrogens (tertiary/aromatic N) is 1. The van der Waals surface area contributed by atoms with Crippen LogP contribution in [-0.4, -0.2) is 57.4 Å². The number of aromatic amines is 1. The highest BCUT2D eigenvalue weighted by atomic mass is 16.4. The molecule has 0 spiro atoms. The quantitative estimate of drug-likeness (QED) is 0.481. The van der Waals surface area contributed by atoms with Crippen LogP contribution < -0.4 is 11.1 Å². The Labute approximate surface area is 179 Å². The van der Waals surface area contributed by atoms with Crippen LogP contribution >= 0.6 is 0 Å². The number of fused-ring (bicyclic) bond motifs is 1. The number of carboxylic acid groups (broad SMARTS) is 1. The molecule has 0 aliphatic carbocycles. The number of carbonyl (C=O) groups excluding carboxylic acids is 2. The van der Waals surface area contributed by atoms with Gasteiger partial charge in [0.25, 0.3) is 5.91 Å². The molecule has 2 aromatic carbocycles. The third-order valence-corrected chi connectivity index (χ3v) is 5.67. The minimum atomic E-state index is -1.11. The predicted octanol–water partition coefficient (Wildman–Crippen LogP) is 1.52. The van der Waals surface area contributed by atoms with E-state index in [1.54, 1.807) is 24.3 Å². The number of carboxylic acids is 1. The molecule has 3 atom stereocenters. The molecule has 3 aromatic rings. The van der Waals surface area contributed by atoms with Gasteiger partial charge < -0.3 is 26.0 Å². The van der Waals surface area contributed by atoms with Crippen molar-refractivity contribution >= 4 is 28.7 Å². The molecule has 0 bridgehead atoms. The van der Waals surface area contributed by atoms with Gasteiger partial charge in [0.1, 0.15) is 6.04 Å². The normalized spacial score (nSPS) is 19.3. The molecule has 8 heteroatoms. The number of likely N-dealkylation sites (tertiary alicyclic amines) is 1. The smallest absolute Gasteiger partial charge is 0.326 e. The number of benzene rings is 2. The van der Waals surface area contributed by atoms with E-state index in [9.17, 15) is 19.5 Å². The van der Waals surface area contributed by atoms with Crippen molar-refractivity contribution in [1.82, 2.24) is 15.2 Å². The highest BCUT2D eigenvalue weighted by Crippen LogP contribution is 2.23. The largest absolute Gasteiger partial charge is 0.480 e. The predicted molar refractivity (Wildman–Crippen MR) is 115 cm³/mol. The van der Waals surface area contributed by atoms with Gasteiger partial charge in [0.2, 0.25) is 5.91 Å². The average molecular weight is 420 g/mol. The zero-order chi connectivity index (χ0) is 22.0. The molecule has 0 radical (unpaired) electrons. The van der Waals surface area contributed by atoms with E-state index in [0.29, 0.717) is 5.56 Å². The van der Waals surface area contributed by atoms with Crippen molar-refractivity contribution in [3.63, 3.8) is 0 Å². The third kappa shape index (κ3) is 4.29. The molecule has 1 aliphatic rings. The Morgan fingerprint density at radius 1 is 1.13 bits per heavy atom. The molecule has 3 unspecified atom stereocenters. The molecule has 1 saturated heterocycles. The fourth-order valence-corrected chi connectivity index (χ4v) is 4.11. The van der Waals surface area contributed by atoms with Crippen molar-refractivity contribution in [3.05, 3.63) is 71.9 Å². The van der Waals surface area contributed by atoms with E-state index < -0.39 is 30.0 Å². The number of hydrogen-bond donors (Lipinski definition) is 4. The van der Waals surface area contributed by atoms with Crippen molar-refractivity contribution in [2.45, 2.75) is 31.0 Å². The van der Waals surface area contributed by atoms with E-state index >= 15 is 0 Å². The number of amides is 2. The van der Waals surface area contributed by atoms with Gasteiger partial charge in [0.05, 0.1) is 6.04 Å². The number of rotatable bonds is 6. The maximum atomic E-state index is 13.0. The van der Waals surface area contributed by atoms with Gasteiger partial charge in [0.15, 0.2) is 0 Å². The van der Waals surface area contributed by atoms with Crippen LogP contribution in [0.3, 0.4) is 0 Å². The number of nitrogens with one attached hydrogen (secondary N) is 2. The van der Waals surface area contributed by atoms with Crippen LogP contribution in [0.4, 0.5) is 0 Å². The molecule has 1 aliphatic heterocycles. The van der Waals surface area contributed by atoms with Gasteiger partial charge >= 0.3 is 5.97 Å². The molecule has 31 heavy (non-hydrogen) atoms. The number of hydrogen-bond acceptors (Lipinski definition) is 4. The van der Waals surface area contributed by atoms with Crippen molar-refractivity contribution in [2.75, 3.05) is 6.54 Å². The van der Waals surface area contributed by atoms with E-state index in [1.165, 1.54) is 4.90 Å². The Morgan fingerprint density at radius 2 is 1.84 bits per heavy atom. The Kier molecular flexibility index (Phi) is 5.73. The number of aromatic nitrogens is 1. The summed E-state index contributed by atoms with van der Waals surface area (Å²) in [6.45, 7) is 0.107. The molecule has 2 heterocycles. The van der Waals surface area contributed by atoms with Gasteiger partial charge in [-0.1, -0.05) is 36.4 Å². The first-order valence-corrected chi connectivity index (χ1v) is 10.1. The molecule has 4 rings (SSSR count). The zero-order valence-corrected chi connectivity index (χ0v) is 16.8. The topological polar surface area (TPSA) is 129 Å². The van der Waals surface area contributed by atoms with Crippen molar-refractivity contribution in [1.29, 1.82) is 0 Å². The standard InChI is InChI=1S/C23H24N4O4/c24-18(10-15-12-25-19-9-5-4-8-17(15)19)22(29)27-13-16(11-20(27)23(30)31)26-21(28)14-6-2-1-3-7-14/h1-9,12,16,18,20,25H,10-11,13,24H2,(H,26,28)(H,30,31). The fourth-order valence-electron chi connectivity index (χ4n) is 4.11. The number of H-pyrrole nitrogens is 1. The van der Waals surface area contributed by atoms with E-state index in [4.69, 9.17) is 5.73 Å². The summed E-state index contributed by atoms with van der Waals surface area (Å²) in [4.78, 5) is 41.7. The summed E-state index contributed by atoms with van der Waals surface area (Å²) < 4.78 is 0. The third-order valence-electron chi connectivity index (χ3n) is 5.67. The van der Waals surface area contributed by atoms with E-state index in [1.807, 2.05) is 36.5 Å². The second kappa shape index (κ2) is 8.61. The number of nitrogens with two attached hydrogens (primary N) is 1. The van der Waals surface area contributed by atoms with Gasteiger partial charge in [-0.25, -0.2) is 4.79 Å². The summed E-state index contributed by atoms with van der Waals surface area (Å²) in [5.74, 6) is -1.84. The second-order valence-electron chi connectivity index (χ2n) is 7.79. The monoisotopic (exact) mass is 420 g/mol. The maximum Gasteiger partial charge on any atom is 0.326 e. The first-order valence-electron chi connectivity index (χ1n) is 10.1. The van der Waals surface area contributed by atoms with Crippen LogP contribution in [0.2, 0.25) is 0 Å². The van der Waals surface area contributed by atoms with Crippen LogP contribution in [0, 0.1) is 0 Å². The van der Waals surface area contributed by atoms with Crippen LogP contribution in [-0.2, 0) is 16.0 Å². The minimum absolute atomic E-state index is 0.107. The number of para-hydroxylation sites is 1. The highest BCUT2D eigenvalue weighted by molar-refractivity contribution is 5.95. The Morgan fingerprint density at radius 3 is 2.58 bits per heavy atom. The Bertz CT molecular complexity index is 1110. The summed E-state index contributed by atoms with van der Waals surface area (Å²) in [6, 6.07) is 14.0. The lowest BCUT2D eigenvalue weighted by atomic mass is 10.0. The summed E-state index contributed by atoms with van der Waals surface area (Å²) in [6.07, 6.45) is 2.24. The second-order valence-corrected chi connectivity index (χ2v) is 7.79. The van der Waals surface area contributed by atoms with Crippen LogP contribution in [0.25, 0.3) is 10.9 Å². The molecular weight excluding hydrogens is 396 g/mol. The lowest BCUT2D eigenvalue weighted by Gasteiger charge is -2.24. The average Bonchev–Trinajstić information content (AvgIpc) is 3.38. The molecular formula is C23H24N4O4. The summed E-state index contributed by atoms with van der Waals surface area (Å²) in [5.41, 5.74) is 8.52. The maximum absolute atomic E-state index is 13.0. The van der Waals surface area contributed by atoms with Gasteiger partial charge in [-0.05, 0) is 30.2 Å². The van der Waals surface area contributed by atoms with E-state index in [-0.39, 0.29) is 25.3 Å². The summed E-state index contributed by atoms with van der Waals surface area (Å²) >= 11 is 0. The van der Waals surface area contributed by atoms with Crippen molar-refractivity contribution < 1.29 is 19.5 Å². The van der Waals surface area contributed by atoms with Crippen LogP contribution in [0.15, 0.2) is 60.8 Å². The Balaban J connectivity index is 1.45. The SMILES string of the molecule is NC(Cc1c[nH]c2ccccc12)C(=O)N1CC(NC(=O)c2ccccc2)CC1C(=O)O. The molecule has 2 amide bonds. The fraction of sp³-hybridized carbons (Fsp3) is 0.261. The molecule has 160 valence electrons. The van der Waals surface area contributed by atoms with E-state index in [0.717, 1.165) is 16.5 Å². The van der Waals surface area contributed by atoms with Gasteiger partial charge in [0, 0.05) is 41.7 Å². The Hall–Kier alpha value is -3.65. The van der Waals surface area contributed by atoms with E-state index in [2.05, 4.69) is 10.3 Å². The molecule has 8 nitrogen and oxygen atoms in total. The minimum Gasteiger partial charge on any atom is -0.480 e. The van der Waals surface area contributed by atoms with Crippen molar-refractivity contribution in [2.24, 2.45) is 5.73 Å². The van der Waals surface area contributed by atoms with Crippen LogP contribution in [0.1, 0.15) is 22.3 Å². The zero-order valence-electron chi connectivity index (χ0n) is 16.8. The van der Waals surface area contributed by atoms with Crippen molar-refractivity contribution in [3.8, 4) is 0 Å². The summed E-state index contributed by atoms with van der Waals surface area (Å²) in [7, 11) is 0. The first kappa shape index (κ1) is 20.6. The first-order chi connectivity index (χ1) is 14.9. The molecule has 0 saturated carbocycles. The van der Waals surface area contributed by atoms with Crippen LogP contribution in [0.5, 0.6) is 0 Å². The highest BCUT2D eigenvalue weighted by Gasteiger charge is 2.41. The molecule has 1 fully saturated rings. The summed E-state index contributed by atoms with van der Waals surface area (Å²) in [5, 5.41) is 13.4. The van der Waals surface area contributed by atoms with Gasteiger partial charge in [-0.3, -0.25) is 9.59 Å². The molecule has 1 aromatic heterocycles. The number of carbonyl (C=O) groups is 3.